The van der Waals surface area contributed by atoms with E-state index in [1.165, 1.54) is 11.1 Å². The van der Waals surface area contributed by atoms with E-state index in [9.17, 15) is 0 Å². The molecule has 0 fully saturated rings. The monoisotopic (exact) mass is 221 g/mol. The minimum atomic E-state index is 0.571. The van der Waals surface area contributed by atoms with Crippen LogP contribution in [0.5, 0.6) is 5.75 Å². The zero-order valence-electron chi connectivity index (χ0n) is 10.8. The molecule has 0 aliphatic rings. The van der Waals surface area contributed by atoms with Crippen molar-refractivity contribution in [2.75, 3.05) is 13.2 Å². The van der Waals surface area contributed by atoms with Gasteiger partial charge in [-0.25, -0.2) is 0 Å². The number of hydrogen-bond donors (Lipinski definition) is 1. The van der Waals surface area contributed by atoms with Gasteiger partial charge in [0.15, 0.2) is 0 Å². The Kier molecular flexibility index (Phi) is 5.33. The molecule has 2 nitrogen and oxygen atoms in total. The summed E-state index contributed by atoms with van der Waals surface area (Å²) in [5.41, 5.74) is 2.45. The standard InChI is InChI=1S/C14H23NO/c1-5-13(4)15-8-9-16-14-10-11(2)6-7-12(14)3/h6-7,10,13,15H,5,8-9H2,1-4H3. The molecule has 1 aromatic rings. The first-order valence-electron chi connectivity index (χ1n) is 6.07. The molecule has 1 unspecified atom stereocenters. The zero-order chi connectivity index (χ0) is 12.0. The number of rotatable bonds is 6. The third-order valence-electron chi connectivity index (χ3n) is 2.81. The summed E-state index contributed by atoms with van der Waals surface area (Å²) < 4.78 is 5.75. The first-order chi connectivity index (χ1) is 7.63. The molecule has 2 heteroatoms. The minimum absolute atomic E-state index is 0.571. The molecule has 1 rings (SSSR count). The van der Waals surface area contributed by atoms with Gasteiger partial charge in [-0.15, -0.1) is 0 Å². The molecule has 0 heterocycles. The van der Waals surface area contributed by atoms with Crippen LogP contribution < -0.4 is 10.1 Å². The fourth-order valence-corrected chi connectivity index (χ4v) is 1.47. The predicted octanol–water partition coefficient (Wildman–Crippen LogP) is 3.07. The van der Waals surface area contributed by atoms with E-state index >= 15 is 0 Å². The van der Waals surface area contributed by atoms with Crippen molar-refractivity contribution in [3.63, 3.8) is 0 Å². The second-order valence-corrected chi connectivity index (χ2v) is 4.38. The van der Waals surface area contributed by atoms with Crippen LogP contribution >= 0.6 is 0 Å². The summed E-state index contributed by atoms with van der Waals surface area (Å²) in [4.78, 5) is 0. The van der Waals surface area contributed by atoms with Gasteiger partial charge in [0.05, 0.1) is 0 Å². The second kappa shape index (κ2) is 6.54. The van der Waals surface area contributed by atoms with Gasteiger partial charge in [-0.2, -0.15) is 0 Å². The van der Waals surface area contributed by atoms with Gasteiger partial charge in [-0.05, 0) is 44.4 Å². The summed E-state index contributed by atoms with van der Waals surface area (Å²) in [6.45, 7) is 10.2. The third kappa shape index (κ3) is 4.23. The Morgan fingerprint density at radius 1 is 1.31 bits per heavy atom. The minimum Gasteiger partial charge on any atom is -0.492 e. The van der Waals surface area contributed by atoms with E-state index in [1.54, 1.807) is 0 Å². The fraction of sp³-hybridized carbons (Fsp3) is 0.571. The van der Waals surface area contributed by atoms with Crippen molar-refractivity contribution in [2.24, 2.45) is 0 Å². The average molecular weight is 221 g/mol. The number of hydrogen-bond acceptors (Lipinski definition) is 2. The van der Waals surface area contributed by atoms with Gasteiger partial charge < -0.3 is 10.1 Å². The maximum Gasteiger partial charge on any atom is 0.122 e. The molecule has 0 bridgehead atoms. The SMILES string of the molecule is CCC(C)NCCOc1cc(C)ccc1C. The van der Waals surface area contributed by atoms with Crippen LogP contribution in [0.25, 0.3) is 0 Å². The van der Waals surface area contributed by atoms with Gasteiger partial charge in [0.2, 0.25) is 0 Å². The molecular formula is C14H23NO. The highest BCUT2D eigenvalue weighted by atomic mass is 16.5. The summed E-state index contributed by atoms with van der Waals surface area (Å²) in [6, 6.07) is 6.88. The Hall–Kier alpha value is -1.02. The van der Waals surface area contributed by atoms with Crippen LogP contribution in [0, 0.1) is 13.8 Å². The molecular weight excluding hydrogens is 198 g/mol. The Morgan fingerprint density at radius 2 is 2.06 bits per heavy atom. The van der Waals surface area contributed by atoms with E-state index in [0.717, 1.165) is 25.3 Å². The smallest absolute Gasteiger partial charge is 0.122 e. The van der Waals surface area contributed by atoms with Crippen molar-refractivity contribution in [1.82, 2.24) is 5.32 Å². The number of aryl methyl sites for hydroxylation is 2. The van der Waals surface area contributed by atoms with Crippen LogP contribution in [0.1, 0.15) is 31.4 Å². The van der Waals surface area contributed by atoms with Crippen LogP contribution in [0.2, 0.25) is 0 Å². The van der Waals surface area contributed by atoms with E-state index in [-0.39, 0.29) is 0 Å². The molecule has 1 atom stereocenters. The lowest BCUT2D eigenvalue weighted by atomic mass is 10.1. The molecule has 1 N–H and O–H groups in total. The molecule has 90 valence electrons. The third-order valence-corrected chi connectivity index (χ3v) is 2.81. The van der Waals surface area contributed by atoms with Gasteiger partial charge >= 0.3 is 0 Å². The molecule has 0 aromatic heterocycles. The first-order valence-corrected chi connectivity index (χ1v) is 6.07. The van der Waals surface area contributed by atoms with E-state index in [1.807, 2.05) is 0 Å². The van der Waals surface area contributed by atoms with Crippen LogP contribution in [0.15, 0.2) is 18.2 Å². The Morgan fingerprint density at radius 3 is 2.75 bits per heavy atom. The summed E-state index contributed by atoms with van der Waals surface area (Å²) in [6.07, 6.45) is 1.16. The highest BCUT2D eigenvalue weighted by Gasteiger charge is 2.00. The Bertz CT molecular complexity index is 323. The van der Waals surface area contributed by atoms with Crippen molar-refractivity contribution < 1.29 is 4.74 Å². The number of benzene rings is 1. The maximum absolute atomic E-state index is 5.75. The quantitative estimate of drug-likeness (QED) is 0.745. The van der Waals surface area contributed by atoms with Crippen LogP contribution in [0.3, 0.4) is 0 Å². The molecule has 0 saturated carbocycles. The van der Waals surface area contributed by atoms with Crippen molar-refractivity contribution >= 4 is 0 Å². The second-order valence-electron chi connectivity index (χ2n) is 4.38. The molecule has 0 saturated heterocycles. The van der Waals surface area contributed by atoms with E-state index < -0.39 is 0 Å². The summed E-state index contributed by atoms with van der Waals surface area (Å²) in [7, 11) is 0. The van der Waals surface area contributed by atoms with E-state index in [0.29, 0.717) is 6.04 Å². The largest absolute Gasteiger partial charge is 0.492 e. The van der Waals surface area contributed by atoms with Crippen molar-refractivity contribution in [1.29, 1.82) is 0 Å². The summed E-state index contributed by atoms with van der Waals surface area (Å²) in [5, 5.41) is 3.41. The summed E-state index contributed by atoms with van der Waals surface area (Å²) in [5.74, 6) is 1.01. The lowest BCUT2D eigenvalue weighted by Gasteiger charge is -2.13. The molecule has 1 aromatic carbocycles. The Balaban J connectivity index is 2.34. The van der Waals surface area contributed by atoms with Gasteiger partial charge in [0.25, 0.3) is 0 Å². The van der Waals surface area contributed by atoms with E-state index in [2.05, 4.69) is 51.2 Å². The number of ether oxygens (including phenoxy) is 1. The maximum atomic E-state index is 5.75. The topological polar surface area (TPSA) is 21.3 Å². The fourth-order valence-electron chi connectivity index (χ4n) is 1.47. The number of nitrogens with one attached hydrogen (secondary N) is 1. The predicted molar refractivity (Wildman–Crippen MR) is 69.2 cm³/mol. The average Bonchev–Trinajstić information content (AvgIpc) is 2.28. The lowest BCUT2D eigenvalue weighted by molar-refractivity contribution is 0.304. The van der Waals surface area contributed by atoms with Crippen molar-refractivity contribution in [2.45, 2.75) is 40.2 Å². The molecule has 0 radical (unpaired) electrons. The van der Waals surface area contributed by atoms with Crippen molar-refractivity contribution in [3.8, 4) is 5.75 Å². The zero-order valence-corrected chi connectivity index (χ0v) is 10.8. The van der Waals surface area contributed by atoms with Crippen LogP contribution in [-0.4, -0.2) is 19.2 Å². The van der Waals surface area contributed by atoms with Crippen molar-refractivity contribution in [3.05, 3.63) is 29.3 Å². The van der Waals surface area contributed by atoms with E-state index in [4.69, 9.17) is 4.74 Å². The molecule has 0 spiro atoms. The van der Waals surface area contributed by atoms with Gasteiger partial charge in [-0.1, -0.05) is 19.1 Å². The highest BCUT2D eigenvalue weighted by Crippen LogP contribution is 2.18. The van der Waals surface area contributed by atoms with Gasteiger partial charge in [0, 0.05) is 12.6 Å². The molecule has 16 heavy (non-hydrogen) atoms. The van der Waals surface area contributed by atoms with Gasteiger partial charge in [-0.3, -0.25) is 0 Å². The molecule has 0 aliphatic heterocycles. The highest BCUT2D eigenvalue weighted by molar-refractivity contribution is 5.35. The molecule has 0 aliphatic carbocycles. The van der Waals surface area contributed by atoms with Gasteiger partial charge in [0.1, 0.15) is 12.4 Å². The van der Waals surface area contributed by atoms with Crippen LogP contribution in [0.4, 0.5) is 0 Å². The molecule has 0 amide bonds. The lowest BCUT2D eigenvalue weighted by Crippen LogP contribution is -2.29. The first kappa shape index (κ1) is 13.0. The summed E-state index contributed by atoms with van der Waals surface area (Å²) >= 11 is 0. The normalized spacial score (nSPS) is 12.5. The van der Waals surface area contributed by atoms with Crippen LogP contribution in [-0.2, 0) is 0 Å². The Labute approximate surface area is 99.0 Å².